The molecule has 46 heteroatoms. The number of ether oxygens (including phenoxy) is 2. The Balaban J connectivity index is 1.82. The lowest BCUT2D eigenvalue weighted by Gasteiger charge is -2.43. The van der Waals surface area contributed by atoms with Gasteiger partial charge in [0, 0.05) is 75.6 Å². The zero-order chi connectivity index (χ0) is 90.7. The van der Waals surface area contributed by atoms with Gasteiger partial charge in [0.05, 0.1) is 48.3 Å². The van der Waals surface area contributed by atoms with Crippen LogP contribution in [0.2, 0.25) is 0 Å². The van der Waals surface area contributed by atoms with E-state index in [1.54, 1.807) is 44.2 Å². The van der Waals surface area contributed by atoms with E-state index in [9.17, 15) is 68.8 Å². The summed E-state index contributed by atoms with van der Waals surface area (Å²) in [4.78, 5) is 230. The van der Waals surface area contributed by atoms with Gasteiger partial charge in [0.2, 0.25) is 52.8 Å². The predicted molar refractivity (Wildman–Crippen MR) is 438 cm³/mol. The number of fused-ring (bicyclic) bond motifs is 1. The van der Waals surface area contributed by atoms with Crippen LogP contribution in [-0.4, -0.2) is 231 Å². The number of amides is 10. The number of imide groups is 1. The van der Waals surface area contributed by atoms with E-state index in [2.05, 4.69) is 53.2 Å². The van der Waals surface area contributed by atoms with Crippen molar-refractivity contribution in [3.05, 3.63) is 115 Å². The van der Waals surface area contributed by atoms with Crippen molar-refractivity contribution in [2.75, 3.05) is 51.8 Å². The second-order valence-corrected chi connectivity index (χ2v) is 29.3. The fourth-order valence-corrected chi connectivity index (χ4v) is 13.2. The number of carbonyl (C=O) groups excluding carboxylic acids is 11. The van der Waals surface area contributed by atoms with Crippen molar-refractivity contribution in [2.24, 2.45) is 40.3 Å². The first-order chi connectivity index (χ1) is 57.7. The molecule has 5 rings (SSSR count). The van der Waals surface area contributed by atoms with Gasteiger partial charge in [-0.2, -0.15) is 0 Å². The maximum absolute atomic E-state index is 16.9. The molecule has 27 N–H and O–H groups in total. The van der Waals surface area contributed by atoms with E-state index in [1.807, 2.05) is 0 Å². The smallest absolute Gasteiger partial charge is 0.336 e. The van der Waals surface area contributed by atoms with Crippen LogP contribution < -0.4 is 97.9 Å². The molecule has 2 heterocycles. The Hall–Kier alpha value is -13.5. The summed E-state index contributed by atoms with van der Waals surface area (Å²) in [7, 11) is 1.26. The number of hydrogen-bond donors (Lipinski definition) is 21. The highest BCUT2D eigenvalue weighted by atomic mass is 16.6. The summed E-state index contributed by atoms with van der Waals surface area (Å²) in [6.07, 6.45) is -5.73. The first kappa shape index (κ1) is 99.0. The lowest BCUT2D eigenvalue weighted by molar-refractivity contribution is -0.393. The number of ketones is 1. The van der Waals surface area contributed by atoms with Gasteiger partial charge in [0.15, 0.2) is 23.7 Å². The van der Waals surface area contributed by atoms with Gasteiger partial charge in [-0.1, -0.05) is 44.2 Å². The van der Waals surface area contributed by atoms with Crippen molar-refractivity contribution < 1.29 is 96.3 Å². The Morgan fingerprint density at radius 3 is 1.77 bits per heavy atom. The topological polar surface area (TPSA) is 752 Å². The molecular weight excluding hydrogens is 1600 g/mol. The standard InChI is InChI=1S/C76H109N23O23/c1-41(2)34-55(95-68(111)56-20-13-32-96(56)69(112)48(77)17-10-29-86-73(80)81)67(110)94-54(26-28-61(103)104)71(114)97(70(113)49(78)16-8-9-33-121-39-43-14-6-5-7-15-43)76(40-89-50-24-21-45(98(116)117)37-57(50)99(118)119,59(100)35-44-36-62(105)122-58-38-46(120-4)22-23-47(44)58)72(115)90-42(3)64(107)92-52(19-12-31-88-75(84)85)65(108)93-53(25-27-60(101)102)66(109)91-51(63(79)106)18-11-30-87-74(82)83/h5-7,14-15,21-24,36-38,41-42,48-49,51-56,89H,8-13,16-20,25-35,39-40,77-78H2,1-4H3,(H2,79,106)(H,90,115)(H,91,109)(H,92,107)(H,93,108)(H,94,110)(H,95,111)(H,101,102)(H,103,104)(H4,80,81,86)(H4,82,83,87)(H4,84,85,88)/t42-,48+,49-,51+,52+,53+,54-,55-,56-,76+/m0/s1. The number of nitro benzene ring substituents is 2. The zero-order valence-corrected chi connectivity index (χ0v) is 67.9. The van der Waals surface area contributed by atoms with Gasteiger partial charge >= 0.3 is 17.6 Å². The molecule has 0 saturated carbocycles. The van der Waals surface area contributed by atoms with Gasteiger partial charge in [-0.15, -0.1) is 0 Å². The number of carboxylic acid groups (broad SMARTS) is 2. The number of Topliss-reactive ketones (excluding diaryl/α,β-unsaturated/α-hetero) is 1. The number of non-ortho nitro benzene ring substituents is 1. The Morgan fingerprint density at radius 2 is 1.20 bits per heavy atom. The largest absolute Gasteiger partial charge is 0.497 e. The number of hydrogen-bond acceptors (Lipinski definition) is 27. The number of nitrogens with two attached hydrogens (primary N) is 6. The number of rotatable bonds is 53. The fourth-order valence-electron chi connectivity index (χ4n) is 13.2. The Kier molecular flexibility index (Phi) is 39.4. The molecule has 666 valence electrons. The van der Waals surface area contributed by atoms with E-state index in [0.717, 1.165) is 30.7 Å². The molecule has 122 heavy (non-hydrogen) atoms. The third kappa shape index (κ3) is 30.7. The highest BCUT2D eigenvalue weighted by molar-refractivity contribution is 6.20. The van der Waals surface area contributed by atoms with Crippen LogP contribution >= 0.6 is 0 Å². The Morgan fingerprint density at radius 1 is 0.639 bits per heavy atom. The number of unbranched alkanes of at least 4 members (excludes halogenated alkanes) is 1. The van der Waals surface area contributed by atoms with E-state index >= 15 is 28.8 Å². The SMILES string of the molecule is COc1ccc2c(CC(=O)[C@](CNc3ccc([N+](=O)[O-])cc3[N+](=O)[O-])(C(=O)N[C@@H](C)C(=O)N[C@H](CCCNC(=N)N)C(=O)N[C@H](CCC(=O)O)C(=O)N[C@H](CCCNC(=N)N)C(N)=O)N(C(=O)[C@H](CCC(=O)O)NC(=O)[C@H](CC(C)C)NC(=O)[C@@H]3CCCN3C(=O)[C@H](N)CCCNC(=N)N)C(=O)[C@@H](N)CCCCOCc3ccccc3)cc(=O)oc2c1. The fraction of sp³-hybridized carbons (Fsp3) is 0.513. The lowest BCUT2D eigenvalue weighted by Crippen LogP contribution is -2.74. The molecule has 0 spiro atoms. The molecule has 10 atom stereocenters. The van der Waals surface area contributed by atoms with Crippen LogP contribution in [0, 0.1) is 42.4 Å². The van der Waals surface area contributed by atoms with E-state index in [0.29, 0.717) is 6.07 Å². The number of guanidine groups is 3. The van der Waals surface area contributed by atoms with E-state index in [1.165, 1.54) is 30.2 Å². The van der Waals surface area contributed by atoms with Gasteiger partial charge in [0.1, 0.15) is 59.3 Å². The minimum Gasteiger partial charge on any atom is -0.497 e. The first-order valence-electron chi connectivity index (χ1n) is 39.1. The summed E-state index contributed by atoms with van der Waals surface area (Å²) >= 11 is 0. The molecule has 4 aromatic rings. The minimum atomic E-state index is -3.84. The average Bonchev–Trinajstić information content (AvgIpc) is 0.822. The van der Waals surface area contributed by atoms with Crippen LogP contribution in [0.4, 0.5) is 17.1 Å². The summed E-state index contributed by atoms with van der Waals surface area (Å²) in [5, 5.41) is 92.5. The molecule has 0 unspecified atom stereocenters. The van der Waals surface area contributed by atoms with Gasteiger partial charge in [-0.3, -0.25) is 104 Å². The quantitative estimate of drug-likeness (QED) is 0.00430. The van der Waals surface area contributed by atoms with Crippen LogP contribution in [0.15, 0.2) is 82.0 Å². The summed E-state index contributed by atoms with van der Waals surface area (Å²) in [6, 6.07) is -0.615. The maximum Gasteiger partial charge on any atom is 0.336 e. The Labute approximate surface area is 699 Å². The number of nitrogens with zero attached hydrogens (tertiary/aromatic N) is 4. The third-order valence-corrected chi connectivity index (χ3v) is 19.5. The average molecular weight is 1710 g/mol. The molecule has 46 nitrogen and oxygen atoms in total. The van der Waals surface area contributed by atoms with Crippen molar-refractivity contribution in [2.45, 2.75) is 196 Å². The van der Waals surface area contributed by atoms with E-state index in [4.69, 9.17) is 64.5 Å². The van der Waals surface area contributed by atoms with Crippen LogP contribution in [0.1, 0.15) is 135 Å². The monoisotopic (exact) mass is 1710 g/mol. The molecular formula is C76H109N23O23. The number of nitro groups is 2. The third-order valence-electron chi connectivity index (χ3n) is 19.5. The van der Waals surface area contributed by atoms with Gasteiger partial charge in [-0.05, 0) is 132 Å². The van der Waals surface area contributed by atoms with Crippen molar-refractivity contribution in [1.82, 2.24) is 57.7 Å². The molecule has 1 aromatic heterocycles. The van der Waals surface area contributed by atoms with Crippen LogP contribution in [0.25, 0.3) is 11.0 Å². The lowest BCUT2D eigenvalue weighted by atomic mass is 9.83. The second kappa shape index (κ2) is 48.5. The second-order valence-electron chi connectivity index (χ2n) is 29.3. The highest BCUT2D eigenvalue weighted by Crippen LogP contribution is 2.34. The molecule has 0 radical (unpaired) electrons. The predicted octanol–water partition coefficient (Wildman–Crippen LogP) is -2.05. The molecule has 1 aliphatic heterocycles. The number of likely N-dealkylation sites (tertiary alicyclic amines) is 1. The number of primary amides is 1. The van der Waals surface area contributed by atoms with Crippen molar-refractivity contribution in [3.8, 4) is 5.75 Å². The highest BCUT2D eigenvalue weighted by Gasteiger charge is 2.58. The number of anilines is 1. The molecule has 1 saturated heterocycles. The van der Waals surface area contributed by atoms with Crippen LogP contribution in [0.5, 0.6) is 5.75 Å². The van der Waals surface area contributed by atoms with E-state index < -0.39 is 239 Å². The van der Waals surface area contributed by atoms with Crippen LogP contribution in [0.3, 0.4) is 0 Å². The maximum atomic E-state index is 16.9. The van der Waals surface area contributed by atoms with E-state index in [-0.39, 0.29) is 137 Å². The number of benzene rings is 3. The molecule has 0 bridgehead atoms. The zero-order valence-electron chi connectivity index (χ0n) is 67.9. The summed E-state index contributed by atoms with van der Waals surface area (Å²) < 4.78 is 16.7. The van der Waals surface area contributed by atoms with Crippen molar-refractivity contribution in [1.29, 1.82) is 16.2 Å². The van der Waals surface area contributed by atoms with Crippen molar-refractivity contribution >= 4 is 123 Å². The van der Waals surface area contributed by atoms with Gasteiger partial charge < -0.3 is 117 Å². The molecule has 10 amide bonds. The Bertz CT molecular complexity index is 4510. The normalized spacial score (nSPS) is 14.8. The molecule has 1 fully saturated rings. The molecule has 1 aliphatic rings. The number of methoxy groups -OCH3 is 1. The van der Waals surface area contributed by atoms with Gasteiger partial charge in [-0.25, -0.2) is 4.79 Å². The number of aliphatic carboxylic acids is 2. The summed E-state index contributed by atoms with van der Waals surface area (Å²) in [5.74, 6) is -19.8. The van der Waals surface area contributed by atoms with Gasteiger partial charge in [0.25, 0.3) is 23.2 Å². The summed E-state index contributed by atoms with van der Waals surface area (Å²) in [5.41, 5.74) is 27.4. The molecule has 0 aliphatic carbocycles. The molecule has 3 aromatic carbocycles. The summed E-state index contributed by atoms with van der Waals surface area (Å²) in [6.45, 7) is 2.70. The first-order valence-corrected chi connectivity index (χ1v) is 39.1. The van der Waals surface area contributed by atoms with Crippen LogP contribution in [-0.2, 0) is 80.1 Å². The number of nitrogens with one attached hydrogen (secondary N) is 13. The van der Waals surface area contributed by atoms with Crippen molar-refractivity contribution in [3.63, 3.8) is 0 Å². The minimum absolute atomic E-state index is 0.00598. The number of carboxylic acids is 2. The number of carbonyl (C=O) groups is 13.